The Morgan fingerprint density at radius 1 is 1.11 bits per heavy atom. The van der Waals surface area contributed by atoms with E-state index in [-0.39, 0.29) is 11.6 Å². The number of hydrogen-bond donors (Lipinski definition) is 2. The topological polar surface area (TPSA) is 60.2 Å². The second-order valence-electron chi connectivity index (χ2n) is 3.76. The van der Waals surface area contributed by atoms with Crippen LogP contribution in [0.15, 0.2) is 24.3 Å². The fraction of sp³-hybridized carbons (Fsp3) is 0.0833. The van der Waals surface area contributed by atoms with E-state index in [1.807, 2.05) is 5.43 Å². The fourth-order valence-electron chi connectivity index (χ4n) is 1.41. The number of hydrogen-bond acceptors (Lipinski definition) is 4. The van der Waals surface area contributed by atoms with Crippen LogP contribution in [0, 0.1) is 24.4 Å². The Balaban J connectivity index is 2.34. The van der Waals surface area contributed by atoms with Gasteiger partial charge in [-0.1, -0.05) is 0 Å². The van der Waals surface area contributed by atoms with Gasteiger partial charge in [-0.2, -0.15) is 4.98 Å². The highest BCUT2D eigenvalue weighted by atomic mass is 19.1. The molecule has 0 fully saturated rings. The molecule has 3 N–H and O–H groups in total. The average Bonchev–Trinajstić information content (AvgIpc) is 2.37. The van der Waals surface area contributed by atoms with Crippen molar-refractivity contribution in [3.63, 3.8) is 0 Å². The van der Waals surface area contributed by atoms with E-state index in [2.05, 4.69) is 4.98 Å². The van der Waals surface area contributed by atoms with Crippen LogP contribution in [0.25, 0.3) is 0 Å². The molecule has 0 unspecified atom stereocenters. The molecule has 0 aliphatic rings. The largest absolute Gasteiger partial charge is 0.436 e. The van der Waals surface area contributed by atoms with Crippen LogP contribution < -0.4 is 16.0 Å². The molecule has 1 heterocycles. The lowest BCUT2D eigenvalue weighted by atomic mass is 10.2. The van der Waals surface area contributed by atoms with Crippen LogP contribution in [0.2, 0.25) is 0 Å². The number of nitrogens with two attached hydrogens (primary N) is 1. The van der Waals surface area contributed by atoms with Crippen molar-refractivity contribution in [3.05, 3.63) is 47.3 Å². The third kappa shape index (κ3) is 2.76. The molecule has 1 aromatic carbocycles. The molecule has 0 bridgehead atoms. The molecule has 4 nitrogen and oxygen atoms in total. The van der Waals surface area contributed by atoms with Gasteiger partial charge in [-0.25, -0.2) is 19.0 Å². The van der Waals surface area contributed by atoms with Gasteiger partial charge in [-0.05, 0) is 30.7 Å². The maximum absolute atomic E-state index is 13.5. The van der Waals surface area contributed by atoms with Gasteiger partial charge in [0.05, 0.1) is 0 Å². The van der Waals surface area contributed by atoms with E-state index in [4.69, 9.17) is 10.6 Å². The molecule has 2 rings (SSSR count). The number of ether oxygens (including phenoxy) is 1. The van der Waals surface area contributed by atoms with Crippen molar-refractivity contribution in [3.8, 4) is 11.6 Å². The Bertz CT molecular complexity index is 619. The maximum atomic E-state index is 13.5. The van der Waals surface area contributed by atoms with E-state index < -0.39 is 23.3 Å². The Morgan fingerprint density at radius 2 is 1.84 bits per heavy atom. The first-order valence-corrected chi connectivity index (χ1v) is 5.28. The molecule has 0 saturated carbocycles. The van der Waals surface area contributed by atoms with Crippen LogP contribution in [0.1, 0.15) is 5.56 Å². The van der Waals surface area contributed by atoms with Crippen LogP contribution in [0.5, 0.6) is 11.6 Å². The maximum Gasteiger partial charge on any atom is 0.258 e. The summed E-state index contributed by atoms with van der Waals surface area (Å²) in [7, 11) is 0. The molecule has 0 aliphatic heterocycles. The second-order valence-corrected chi connectivity index (χ2v) is 3.76. The highest BCUT2D eigenvalue weighted by Gasteiger charge is 2.13. The van der Waals surface area contributed by atoms with Gasteiger partial charge in [-0.15, -0.1) is 0 Å². The zero-order chi connectivity index (χ0) is 14.0. The van der Waals surface area contributed by atoms with E-state index in [0.29, 0.717) is 11.6 Å². The molecule has 0 aliphatic carbocycles. The summed E-state index contributed by atoms with van der Waals surface area (Å²) in [6.45, 7) is 1.53. The molecule has 0 atom stereocenters. The fourth-order valence-corrected chi connectivity index (χ4v) is 1.41. The lowest BCUT2D eigenvalue weighted by Gasteiger charge is -2.09. The van der Waals surface area contributed by atoms with Crippen molar-refractivity contribution in [2.24, 2.45) is 5.84 Å². The minimum Gasteiger partial charge on any atom is -0.436 e. The molecule has 0 spiro atoms. The van der Waals surface area contributed by atoms with Gasteiger partial charge in [0.2, 0.25) is 0 Å². The number of aromatic nitrogens is 1. The molecular formula is C12H10F3N3O. The summed E-state index contributed by atoms with van der Waals surface area (Å²) in [6, 6.07) is 4.44. The van der Waals surface area contributed by atoms with Crippen LogP contribution in [-0.4, -0.2) is 4.98 Å². The van der Waals surface area contributed by atoms with Crippen molar-refractivity contribution >= 4 is 5.82 Å². The second kappa shape index (κ2) is 5.15. The molecule has 0 radical (unpaired) electrons. The van der Waals surface area contributed by atoms with Crippen molar-refractivity contribution in [2.45, 2.75) is 6.92 Å². The quantitative estimate of drug-likeness (QED) is 0.664. The van der Waals surface area contributed by atoms with Gasteiger partial charge >= 0.3 is 0 Å². The molecule has 0 saturated heterocycles. The number of anilines is 1. The van der Waals surface area contributed by atoms with Crippen LogP contribution in [-0.2, 0) is 0 Å². The minimum absolute atomic E-state index is 0.180. The number of pyridine rings is 1. The monoisotopic (exact) mass is 269 g/mol. The molecule has 0 amide bonds. The zero-order valence-electron chi connectivity index (χ0n) is 9.88. The van der Waals surface area contributed by atoms with Crippen LogP contribution in [0.3, 0.4) is 0 Å². The standard InChI is InChI=1S/C12H10F3N3O/c1-6-4-7(2-3-8(6)13)19-12-10(15)5-9(14)11(17-12)18-16/h2-5H,16H2,1H3,(H,17,18). The predicted molar refractivity (Wildman–Crippen MR) is 63.2 cm³/mol. The SMILES string of the molecule is Cc1cc(Oc2nc(NN)c(F)cc2F)ccc1F. The zero-order valence-corrected chi connectivity index (χ0v) is 9.88. The Labute approximate surface area is 107 Å². The van der Waals surface area contributed by atoms with Crippen molar-refractivity contribution < 1.29 is 17.9 Å². The van der Waals surface area contributed by atoms with Gasteiger partial charge < -0.3 is 10.2 Å². The molecule has 19 heavy (non-hydrogen) atoms. The minimum atomic E-state index is -0.988. The van der Waals surface area contributed by atoms with Gasteiger partial charge in [0.25, 0.3) is 5.88 Å². The number of nitrogen functional groups attached to an aromatic ring is 1. The van der Waals surface area contributed by atoms with Crippen molar-refractivity contribution in [2.75, 3.05) is 5.43 Å². The van der Waals surface area contributed by atoms with Crippen LogP contribution >= 0.6 is 0 Å². The molecule has 2 aromatic rings. The number of hydrazine groups is 1. The number of aryl methyl sites for hydroxylation is 1. The highest BCUT2D eigenvalue weighted by molar-refractivity contribution is 5.40. The van der Waals surface area contributed by atoms with Gasteiger partial charge in [-0.3, -0.25) is 0 Å². The Hall–Kier alpha value is -2.28. The third-order valence-corrected chi connectivity index (χ3v) is 2.38. The van der Waals surface area contributed by atoms with Crippen molar-refractivity contribution in [1.29, 1.82) is 0 Å². The summed E-state index contributed by atoms with van der Waals surface area (Å²) in [4.78, 5) is 3.54. The van der Waals surface area contributed by atoms with Crippen molar-refractivity contribution in [1.82, 2.24) is 4.98 Å². The summed E-state index contributed by atoms with van der Waals surface area (Å²) in [5.41, 5.74) is 2.31. The third-order valence-electron chi connectivity index (χ3n) is 2.38. The molecule has 1 aromatic heterocycles. The summed E-state index contributed by atoms with van der Waals surface area (Å²) in [6.07, 6.45) is 0. The number of benzene rings is 1. The number of nitrogens with one attached hydrogen (secondary N) is 1. The van der Waals surface area contributed by atoms with Gasteiger partial charge in [0.1, 0.15) is 11.6 Å². The van der Waals surface area contributed by atoms with E-state index in [1.165, 1.54) is 25.1 Å². The Morgan fingerprint density at radius 3 is 2.47 bits per heavy atom. The number of rotatable bonds is 3. The summed E-state index contributed by atoms with van der Waals surface area (Å²) in [5.74, 6) is 2.06. The summed E-state index contributed by atoms with van der Waals surface area (Å²) >= 11 is 0. The van der Waals surface area contributed by atoms with Crippen LogP contribution in [0.4, 0.5) is 19.0 Å². The molecule has 7 heteroatoms. The highest BCUT2D eigenvalue weighted by Crippen LogP contribution is 2.26. The Kier molecular flexibility index (Phi) is 3.57. The predicted octanol–water partition coefficient (Wildman–Crippen LogP) is 2.89. The van der Waals surface area contributed by atoms with E-state index >= 15 is 0 Å². The lowest BCUT2D eigenvalue weighted by molar-refractivity contribution is 0.416. The first kappa shape index (κ1) is 13.2. The summed E-state index contributed by atoms with van der Waals surface area (Å²) in [5, 5.41) is 0. The summed E-state index contributed by atoms with van der Waals surface area (Å²) < 4.78 is 44.8. The van der Waals surface area contributed by atoms with E-state index in [1.54, 1.807) is 0 Å². The number of halogens is 3. The van der Waals surface area contributed by atoms with E-state index in [9.17, 15) is 13.2 Å². The van der Waals surface area contributed by atoms with Gasteiger partial charge in [0, 0.05) is 6.07 Å². The molecular weight excluding hydrogens is 259 g/mol. The normalized spacial score (nSPS) is 10.4. The lowest BCUT2D eigenvalue weighted by Crippen LogP contribution is -2.11. The smallest absolute Gasteiger partial charge is 0.258 e. The first-order chi connectivity index (χ1) is 9.01. The number of nitrogens with zero attached hydrogens (tertiary/aromatic N) is 1. The van der Waals surface area contributed by atoms with Gasteiger partial charge in [0.15, 0.2) is 17.5 Å². The average molecular weight is 269 g/mol. The van der Waals surface area contributed by atoms with E-state index in [0.717, 1.165) is 0 Å². The first-order valence-electron chi connectivity index (χ1n) is 5.28. The molecule has 100 valence electrons.